The number of hydrogen-bond donors (Lipinski definition) is 1. The fourth-order valence-corrected chi connectivity index (χ4v) is 3.33. The molecule has 0 aromatic carbocycles. The van der Waals surface area contributed by atoms with Crippen molar-refractivity contribution in [1.29, 1.82) is 0 Å². The van der Waals surface area contributed by atoms with E-state index in [1.807, 2.05) is 4.90 Å². The van der Waals surface area contributed by atoms with E-state index in [1.165, 1.54) is 38.6 Å². The van der Waals surface area contributed by atoms with Crippen LogP contribution in [0.25, 0.3) is 0 Å². The van der Waals surface area contributed by atoms with Crippen LogP contribution in [0.5, 0.6) is 0 Å². The Morgan fingerprint density at radius 1 is 1.21 bits per heavy atom. The molecule has 0 aromatic heterocycles. The van der Waals surface area contributed by atoms with Crippen molar-refractivity contribution < 1.29 is 4.79 Å². The molecule has 2 aliphatic heterocycles. The van der Waals surface area contributed by atoms with Gasteiger partial charge in [-0.2, -0.15) is 0 Å². The zero-order valence-corrected chi connectivity index (χ0v) is 12.4. The number of rotatable bonds is 5. The Bertz CT molecular complexity index is 275. The SMILES string of the molecule is CCCC1CCCCN1CCC(=O)N1CCNCC1. The second-order valence-electron chi connectivity index (χ2n) is 5.86. The standard InChI is InChI=1S/C15H29N3O/c1-2-5-14-6-3-4-10-17(14)11-7-15(19)18-12-8-16-9-13-18/h14,16H,2-13H2,1H3. The van der Waals surface area contributed by atoms with Crippen LogP contribution in [0, 0.1) is 0 Å². The van der Waals surface area contributed by atoms with Gasteiger partial charge in [0.05, 0.1) is 0 Å². The van der Waals surface area contributed by atoms with Crippen molar-refractivity contribution in [2.75, 3.05) is 39.3 Å². The van der Waals surface area contributed by atoms with E-state index in [9.17, 15) is 4.79 Å². The fraction of sp³-hybridized carbons (Fsp3) is 0.933. The van der Waals surface area contributed by atoms with E-state index in [1.54, 1.807) is 0 Å². The molecule has 0 bridgehead atoms. The minimum Gasteiger partial charge on any atom is -0.340 e. The molecule has 0 aliphatic carbocycles. The van der Waals surface area contributed by atoms with Crippen LogP contribution >= 0.6 is 0 Å². The molecule has 2 fully saturated rings. The van der Waals surface area contributed by atoms with E-state index in [0.717, 1.165) is 38.8 Å². The lowest BCUT2D eigenvalue weighted by atomic mass is 9.98. The number of carbonyl (C=O) groups is 1. The Morgan fingerprint density at radius 2 is 2.00 bits per heavy atom. The van der Waals surface area contributed by atoms with Gasteiger partial charge in [0, 0.05) is 45.2 Å². The van der Waals surface area contributed by atoms with Crippen LogP contribution in [0.3, 0.4) is 0 Å². The zero-order valence-electron chi connectivity index (χ0n) is 12.4. The lowest BCUT2D eigenvalue weighted by molar-refractivity contribution is -0.132. The molecule has 0 saturated carbocycles. The monoisotopic (exact) mass is 267 g/mol. The van der Waals surface area contributed by atoms with Crippen molar-refractivity contribution >= 4 is 5.91 Å². The second kappa shape index (κ2) is 7.85. The van der Waals surface area contributed by atoms with Gasteiger partial charge in [-0.1, -0.05) is 19.8 Å². The number of amides is 1. The summed E-state index contributed by atoms with van der Waals surface area (Å²) in [5.74, 6) is 0.349. The Labute approximate surface area is 117 Å². The van der Waals surface area contributed by atoms with E-state index in [2.05, 4.69) is 17.1 Å². The van der Waals surface area contributed by atoms with Crippen molar-refractivity contribution in [3.63, 3.8) is 0 Å². The molecule has 1 amide bonds. The highest BCUT2D eigenvalue weighted by atomic mass is 16.2. The van der Waals surface area contributed by atoms with E-state index in [4.69, 9.17) is 0 Å². The number of likely N-dealkylation sites (tertiary alicyclic amines) is 1. The zero-order chi connectivity index (χ0) is 13.5. The maximum absolute atomic E-state index is 12.2. The van der Waals surface area contributed by atoms with E-state index in [0.29, 0.717) is 12.3 Å². The predicted molar refractivity (Wildman–Crippen MR) is 78.2 cm³/mol. The third kappa shape index (κ3) is 4.46. The van der Waals surface area contributed by atoms with Gasteiger partial charge < -0.3 is 10.2 Å². The summed E-state index contributed by atoms with van der Waals surface area (Å²) in [5.41, 5.74) is 0. The molecule has 0 aromatic rings. The minimum absolute atomic E-state index is 0.349. The molecule has 2 rings (SSSR count). The molecule has 4 heteroatoms. The maximum atomic E-state index is 12.2. The van der Waals surface area contributed by atoms with Crippen molar-refractivity contribution in [1.82, 2.24) is 15.1 Å². The smallest absolute Gasteiger partial charge is 0.223 e. The van der Waals surface area contributed by atoms with Gasteiger partial charge in [-0.15, -0.1) is 0 Å². The first kappa shape index (κ1) is 14.8. The predicted octanol–water partition coefficient (Wildman–Crippen LogP) is 1.46. The fourth-order valence-electron chi connectivity index (χ4n) is 3.33. The Balaban J connectivity index is 1.74. The quantitative estimate of drug-likeness (QED) is 0.819. The Hall–Kier alpha value is -0.610. The summed E-state index contributed by atoms with van der Waals surface area (Å²) in [6, 6.07) is 0.731. The van der Waals surface area contributed by atoms with Gasteiger partial charge in [0.2, 0.25) is 5.91 Å². The molecular weight excluding hydrogens is 238 g/mol. The summed E-state index contributed by atoms with van der Waals surface area (Å²) in [5, 5.41) is 3.29. The van der Waals surface area contributed by atoms with Gasteiger partial charge in [-0.3, -0.25) is 9.69 Å². The number of hydrogen-bond acceptors (Lipinski definition) is 3. The topological polar surface area (TPSA) is 35.6 Å². The Morgan fingerprint density at radius 3 is 2.74 bits per heavy atom. The van der Waals surface area contributed by atoms with Crippen LogP contribution in [-0.4, -0.2) is 61.0 Å². The summed E-state index contributed by atoms with van der Waals surface area (Å²) >= 11 is 0. The molecule has 1 N–H and O–H groups in total. The van der Waals surface area contributed by atoms with Gasteiger partial charge in [0.15, 0.2) is 0 Å². The highest BCUT2D eigenvalue weighted by Gasteiger charge is 2.23. The summed E-state index contributed by atoms with van der Waals surface area (Å²) in [7, 11) is 0. The van der Waals surface area contributed by atoms with Gasteiger partial charge in [0.25, 0.3) is 0 Å². The summed E-state index contributed by atoms with van der Waals surface area (Å²) in [4.78, 5) is 16.8. The van der Waals surface area contributed by atoms with Crippen LogP contribution in [0.15, 0.2) is 0 Å². The molecule has 0 spiro atoms. The summed E-state index contributed by atoms with van der Waals surface area (Å²) < 4.78 is 0. The first-order valence-corrected chi connectivity index (χ1v) is 8.04. The Kier molecular flexibility index (Phi) is 6.11. The molecule has 110 valence electrons. The number of nitrogens with one attached hydrogen (secondary N) is 1. The first-order chi connectivity index (χ1) is 9.31. The highest BCUT2D eigenvalue weighted by Crippen LogP contribution is 2.21. The van der Waals surface area contributed by atoms with Crippen LogP contribution in [0.1, 0.15) is 45.4 Å². The molecule has 2 aliphatic rings. The van der Waals surface area contributed by atoms with Crippen LogP contribution in [0.4, 0.5) is 0 Å². The van der Waals surface area contributed by atoms with Crippen molar-refractivity contribution in [3.8, 4) is 0 Å². The number of nitrogens with zero attached hydrogens (tertiary/aromatic N) is 2. The van der Waals surface area contributed by atoms with Crippen LogP contribution in [-0.2, 0) is 4.79 Å². The normalized spacial score (nSPS) is 25.5. The van der Waals surface area contributed by atoms with Gasteiger partial charge in [0.1, 0.15) is 0 Å². The molecule has 4 nitrogen and oxygen atoms in total. The first-order valence-electron chi connectivity index (χ1n) is 8.04. The molecule has 2 heterocycles. The summed E-state index contributed by atoms with van der Waals surface area (Å²) in [6.07, 6.45) is 7.26. The van der Waals surface area contributed by atoms with E-state index in [-0.39, 0.29) is 0 Å². The molecule has 2 saturated heterocycles. The molecule has 19 heavy (non-hydrogen) atoms. The largest absolute Gasteiger partial charge is 0.340 e. The second-order valence-corrected chi connectivity index (χ2v) is 5.86. The lowest BCUT2D eigenvalue weighted by Gasteiger charge is -2.36. The van der Waals surface area contributed by atoms with Crippen molar-refractivity contribution in [2.45, 2.75) is 51.5 Å². The van der Waals surface area contributed by atoms with Crippen LogP contribution in [0.2, 0.25) is 0 Å². The third-order valence-electron chi connectivity index (χ3n) is 4.45. The molecule has 1 atom stereocenters. The minimum atomic E-state index is 0.349. The maximum Gasteiger partial charge on any atom is 0.223 e. The molecule has 0 radical (unpaired) electrons. The van der Waals surface area contributed by atoms with Gasteiger partial charge in [-0.25, -0.2) is 0 Å². The third-order valence-corrected chi connectivity index (χ3v) is 4.45. The molecular formula is C15H29N3O. The van der Waals surface area contributed by atoms with Crippen molar-refractivity contribution in [3.05, 3.63) is 0 Å². The summed E-state index contributed by atoms with van der Waals surface area (Å²) in [6.45, 7) is 8.10. The van der Waals surface area contributed by atoms with Crippen molar-refractivity contribution in [2.24, 2.45) is 0 Å². The lowest BCUT2D eigenvalue weighted by Crippen LogP contribution is -2.48. The van der Waals surface area contributed by atoms with Crippen LogP contribution < -0.4 is 5.32 Å². The van der Waals surface area contributed by atoms with E-state index < -0.39 is 0 Å². The van der Waals surface area contributed by atoms with E-state index >= 15 is 0 Å². The average Bonchev–Trinajstić information content (AvgIpc) is 2.47. The average molecular weight is 267 g/mol. The van der Waals surface area contributed by atoms with Gasteiger partial charge >= 0.3 is 0 Å². The van der Waals surface area contributed by atoms with Gasteiger partial charge in [-0.05, 0) is 25.8 Å². The molecule has 1 unspecified atom stereocenters. The number of carbonyl (C=O) groups excluding carboxylic acids is 1. The number of piperidine rings is 1. The highest BCUT2D eigenvalue weighted by molar-refractivity contribution is 5.76. The number of piperazine rings is 1.